The van der Waals surface area contributed by atoms with Crippen LogP contribution in [0.2, 0.25) is 0 Å². The van der Waals surface area contributed by atoms with Crippen molar-refractivity contribution in [3.8, 4) is 6.07 Å². The quantitative estimate of drug-likeness (QED) is 0.597. The van der Waals surface area contributed by atoms with Gasteiger partial charge in [-0.05, 0) is 12.8 Å². The van der Waals surface area contributed by atoms with Crippen LogP contribution in [0.25, 0.3) is 0 Å². The Balaban J connectivity index is 3.80. The number of Topliss-reactive ketones (excluding diaryl/α,β-unsaturated/α-hetero) is 1. The molecule has 0 bridgehead atoms. The Morgan fingerprint density at radius 3 is 2.50 bits per heavy atom. The lowest BCUT2D eigenvalue weighted by molar-refractivity contribution is -0.121. The number of carbonyl (C=O) groups excluding carboxylic acids is 1. The molecule has 0 saturated carbocycles. The Labute approximate surface area is 61.8 Å². The summed E-state index contributed by atoms with van der Waals surface area (Å²) in [6.07, 6.45) is 2.04. The van der Waals surface area contributed by atoms with E-state index >= 15 is 0 Å². The van der Waals surface area contributed by atoms with Crippen molar-refractivity contribution in [3.05, 3.63) is 0 Å². The minimum Gasteiger partial charge on any atom is -0.298 e. The molecule has 0 rings (SSSR count). The van der Waals surface area contributed by atoms with Crippen LogP contribution in [0.3, 0.4) is 0 Å². The first-order valence-electron chi connectivity index (χ1n) is 3.68. The topological polar surface area (TPSA) is 40.9 Å². The molecule has 0 radical (unpaired) electrons. The molecule has 0 spiro atoms. The number of carbonyl (C=O) groups is 1. The van der Waals surface area contributed by atoms with Gasteiger partial charge in [0.15, 0.2) is 0 Å². The molecule has 0 heterocycles. The standard InChI is InChI=1S/C8H13NO/c1-3-5-8(10)7(4-2)6-9/h7H,3-5H2,1-2H3. The van der Waals surface area contributed by atoms with E-state index in [0.717, 1.165) is 6.42 Å². The Hall–Kier alpha value is -0.840. The van der Waals surface area contributed by atoms with E-state index < -0.39 is 0 Å². The van der Waals surface area contributed by atoms with Gasteiger partial charge >= 0.3 is 0 Å². The summed E-state index contributed by atoms with van der Waals surface area (Å²) in [5.41, 5.74) is 0. The molecule has 0 aromatic heterocycles. The zero-order chi connectivity index (χ0) is 7.98. The maximum absolute atomic E-state index is 11.0. The van der Waals surface area contributed by atoms with E-state index in [2.05, 4.69) is 0 Å². The van der Waals surface area contributed by atoms with E-state index in [4.69, 9.17) is 5.26 Å². The largest absolute Gasteiger partial charge is 0.298 e. The third-order valence-corrected chi connectivity index (χ3v) is 1.45. The van der Waals surface area contributed by atoms with Crippen LogP contribution in [-0.2, 0) is 4.79 Å². The predicted octanol–water partition coefficient (Wildman–Crippen LogP) is 1.91. The van der Waals surface area contributed by atoms with Crippen LogP contribution < -0.4 is 0 Å². The molecule has 0 aliphatic rings. The lowest BCUT2D eigenvalue weighted by Crippen LogP contribution is -2.10. The Morgan fingerprint density at radius 1 is 1.60 bits per heavy atom. The molecule has 1 atom stereocenters. The number of nitrogens with zero attached hydrogens (tertiary/aromatic N) is 1. The zero-order valence-electron chi connectivity index (χ0n) is 6.55. The van der Waals surface area contributed by atoms with Crippen LogP contribution in [0.15, 0.2) is 0 Å². The lowest BCUT2D eigenvalue weighted by atomic mass is 10.00. The number of hydrogen-bond acceptors (Lipinski definition) is 2. The van der Waals surface area contributed by atoms with Gasteiger partial charge in [0.05, 0.1) is 6.07 Å². The van der Waals surface area contributed by atoms with E-state index in [0.29, 0.717) is 12.8 Å². The maximum Gasteiger partial charge on any atom is 0.149 e. The summed E-state index contributed by atoms with van der Waals surface area (Å²) in [5.74, 6) is -0.271. The molecule has 0 N–H and O–H groups in total. The second-order valence-corrected chi connectivity index (χ2v) is 2.31. The molecule has 10 heavy (non-hydrogen) atoms. The summed E-state index contributed by atoms with van der Waals surface area (Å²) in [7, 11) is 0. The summed E-state index contributed by atoms with van der Waals surface area (Å²) in [4.78, 5) is 11.0. The SMILES string of the molecule is CCCC(=O)C(C#N)CC. The van der Waals surface area contributed by atoms with Crippen molar-refractivity contribution in [2.45, 2.75) is 33.1 Å². The molecule has 0 aliphatic heterocycles. The Morgan fingerprint density at radius 2 is 2.20 bits per heavy atom. The molecular weight excluding hydrogens is 126 g/mol. The second kappa shape index (κ2) is 4.99. The van der Waals surface area contributed by atoms with Gasteiger partial charge in [0.25, 0.3) is 0 Å². The van der Waals surface area contributed by atoms with Crippen LogP contribution in [0, 0.1) is 17.2 Å². The Kier molecular flexibility index (Phi) is 4.57. The van der Waals surface area contributed by atoms with E-state index in [9.17, 15) is 4.79 Å². The number of rotatable bonds is 4. The van der Waals surface area contributed by atoms with Crippen molar-refractivity contribution in [1.82, 2.24) is 0 Å². The number of nitriles is 1. The lowest BCUT2D eigenvalue weighted by Gasteiger charge is -2.01. The maximum atomic E-state index is 11.0. The fraction of sp³-hybridized carbons (Fsp3) is 0.750. The molecule has 0 aromatic carbocycles. The van der Waals surface area contributed by atoms with Gasteiger partial charge in [-0.1, -0.05) is 13.8 Å². The second-order valence-electron chi connectivity index (χ2n) is 2.31. The first-order chi connectivity index (χ1) is 4.76. The van der Waals surface area contributed by atoms with Gasteiger partial charge < -0.3 is 0 Å². The molecule has 1 unspecified atom stereocenters. The average molecular weight is 139 g/mol. The van der Waals surface area contributed by atoms with Gasteiger partial charge in [-0.25, -0.2) is 0 Å². The van der Waals surface area contributed by atoms with E-state index in [1.165, 1.54) is 0 Å². The number of hydrogen-bond donors (Lipinski definition) is 0. The van der Waals surface area contributed by atoms with E-state index in [1.807, 2.05) is 19.9 Å². The highest BCUT2D eigenvalue weighted by Gasteiger charge is 2.12. The predicted molar refractivity (Wildman–Crippen MR) is 39.3 cm³/mol. The van der Waals surface area contributed by atoms with Crippen LogP contribution >= 0.6 is 0 Å². The van der Waals surface area contributed by atoms with Crippen molar-refractivity contribution in [1.29, 1.82) is 5.26 Å². The highest BCUT2D eigenvalue weighted by atomic mass is 16.1. The number of ketones is 1. The van der Waals surface area contributed by atoms with Crippen LogP contribution in [0.4, 0.5) is 0 Å². The van der Waals surface area contributed by atoms with Gasteiger partial charge in [0.2, 0.25) is 0 Å². The summed E-state index contributed by atoms with van der Waals surface area (Å²) < 4.78 is 0. The van der Waals surface area contributed by atoms with Gasteiger partial charge in [0, 0.05) is 6.42 Å². The minimum absolute atomic E-state index is 0.0903. The first kappa shape index (κ1) is 9.16. The zero-order valence-corrected chi connectivity index (χ0v) is 6.55. The summed E-state index contributed by atoms with van der Waals surface area (Å²) in [6.45, 7) is 3.81. The molecule has 0 aliphatic carbocycles. The highest BCUT2D eigenvalue weighted by Crippen LogP contribution is 2.06. The molecule has 0 fully saturated rings. The summed E-state index contributed by atoms with van der Waals surface area (Å²) >= 11 is 0. The van der Waals surface area contributed by atoms with E-state index in [-0.39, 0.29) is 11.7 Å². The smallest absolute Gasteiger partial charge is 0.149 e. The molecule has 0 amide bonds. The fourth-order valence-electron chi connectivity index (χ4n) is 0.812. The van der Waals surface area contributed by atoms with Gasteiger partial charge in [0.1, 0.15) is 11.7 Å². The molecule has 2 nitrogen and oxygen atoms in total. The van der Waals surface area contributed by atoms with Crippen molar-refractivity contribution >= 4 is 5.78 Å². The average Bonchev–Trinajstić information content (AvgIpc) is 1.91. The van der Waals surface area contributed by atoms with Gasteiger partial charge in [-0.3, -0.25) is 4.79 Å². The highest BCUT2D eigenvalue weighted by molar-refractivity contribution is 5.83. The molecule has 0 saturated heterocycles. The fourth-order valence-corrected chi connectivity index (χ4v) is 0.812. The van der Waals surface area contributed by atoms with Crippen molar-refractivity contribution in [2.24, 2.45) is 5.92 Å². The molecular formula is C8H13NO. The molecule has 0 aromatic rings. The van der Waals surface area contributed by atoms with Crippen molar-refractivity contribution in [3.63, 3.8) is 0 Å². The van der Waals surface area contributed by atoms with Gasteiger partial charge in [-0.15, -0.1) is 0 Å². The third-order valence-electron chi connectivity index (χ3n) is 1.45. The van der Waals surface area contributed by atoms with Crippen LogP contribution in [0.1, 0.15) is 33.1 Å². The van der Waals surface area contributed by atoms with E-state index in [1.54, 1.807) is 0 Å². The van der Waals surface area contributed by atoms with Crippen LogP contribution in [0.5, 0.6) is 0 Å². The monoisotopic (exact) mass is 139 g/mol. The third kappa shape index (κ3) is 2.63. The first-order valence-corrected chi connectivity index (χ1v) is 3.68. The summed E-state index contributed by atoms with van der Waals surface area (Å²) in [5, 5.41) is 8.45. The van der Waals surface area contributed by atoms with Crippen LogP contribution in [-0.4, -0.2) is 5.78 Å². The van der Waals surface area contributed by atoms with Crippen molar-refractivity contribution in [2.75, 3.05) is 0 Å². The molecule has 56 valence electrons. The Bertz CT molecular complexity index is 146. The minimum atomic E-state index is -0.361. The normalized spacial score (nSPS) is 12.1. The van der Waals surface area contributed by atoms with Crippen molar-refractivity contribution < 1.29 is 4.79 Å². The van der Waals surface area contributed by atoms with Gasteiger partial charge in [-0.2, -0.15) is 5.26 Å². The summed E-state index contributed by atoms with van der Waals surface area (Å²) in [6, 6.07) is 1.99. The molecule has 2 heteroatoms.